The summed E-state index contributed by atoms with van der Waals surface area (Å²) in [6.07, 6.45) is 1.43. The van der Waals surface area contributed by atoms with E-state index in [1.54, 1.807) is 24.4 Å². The number of hydrogen-bond acceptors (Lipinski definition) is 2. The minimum atomic E-state index is -0.232. The fraction of sp³-hybridized carbons (Fsp3) is 0.214. The summed E-state index contributed by atoms with van der Waals surface area (Å²) in [4.78, 5) is 4.09. The predicted octanol–water partition coefficient (Wildman–Crippen LogP) is 5.49. The van der Waals surface area contributed by atoms with Gasteiger partial charge in [-0.3, -0.25) is 4.98 Å². The van der Waals surface area contributed by atoms with Crippen molar-refractivity contribution in [1.82, 2.24) is 4.98 Å². The van der Waals surface area contributed by atoms with Gasteiger partial charge in [0, 0.05) is 27.9 Å². The van der Waals surface area contributed by atoms with Crippen molar-refractivity contribution < 1.29 is 4.74 Å². The van der Waals surface area contributed by atoms with E-state index in [1.165, 1.54) is 0 Å². The second-order valence-corrected chi connectivity index (χ2v) is 5.36. The molecule has 2 aromatic rings. The molecule has 0 spiro atoms. The smallest absolute Gasteiger partial charge is 0.142 e. The Morgan fingerprint density at radius 2 is 1.89 bits per heavy atom. The van der Waals surface area contributed by atoms with E-state index in [9.17, 15) is 0 Å². The van der Waals surface area contributed by atoms with E-state index < -0.39 is 0 Å². The van der Waals surface area contributed by atoms with Gasteiger partial charge in [0.15, 0.2) is 0 Å². The van der Waals surface area contributed by atoms with Crippen LogP contribution in [0, 0.1) is 6.92 Å². The molecule has 2 nitrogen and oxygen atoms in total. The molecule has 0 bridgehead atoms. The maximum atomic E-state index is 6.15. The standard InChI is InChI=1S/C14H12Cl3NO/c1-8-14(17)13(5-6-18-8)19-9(2)11-4-3-10(15)7-12(11)16/h3-7,9H,1-2H3/t9-/m1/s1. The molecule has 2 rings (SSSR count). The molecule has 0 saturated carbocycles. The molecule has 0 aliphatic heterocycles. The second-order valence-electron chi connectivity index (χ2n) is 4.13. The number of halogens is 3. The summed E-state index contributed by atoms with van der Waals surface area (Å²) < 4.78 is 5.83. The highest BCUT2D eigenvalue weighted by atomic mass is 35.5. The summed E-state index contributed by atoms with van der Waals surface area (Å²) in [6.45, 7) is 3.73. The van der Waals surface area contributed by atoms with Gasteiger partial charge in [0.05, 0.1) is 5.69 Å². The molecule has 0 aliphatic carbocycles. The van der Waals surface area contributed by atoms with Gasteiger partial charge in [-0.2, -0.15) is 0 Å². The number of nitrogens with zero attached hydrogens (tertiary/aromatic N) is 1. The van der Waals surface area contributed by atoms with Gasteiger partial charge >= 0.3 is 0 Å². The molecular formula is C14H12Cl3NO. The van der Waals surface area contributed by atoms with E-state index in [4.69, 9.17) is 39.5 Å². The van der Waals surface area contributed by atoms with Gasteiger partial charge < -0.3 is 4.74 Å². The van der Waals surface area contributed by atoms with Gasteiger partial charge in [-0.05, 0) is 26.0 Å². The first-order valence-electron chi connectivity index (χ1n) is 5.71. The fourth-order valence-corrected chi connectivity index (χ4v) is 2.42. The highest BCUT2D eigenvalue weighted by Crippen LogP contribution is 2.33. The number of rotatable bonds is 3. The lowest BCUT2D eigenvalue weighted by molar-refractivity contribution is 0.227. The number of benzene rings is 1. The Hall–Kier alpha value is -0.960. The average molecular weight is 317 g/mol. The number of pyridine rings is 1. The Balaban J connectivity index is 2.25. The zero-order valence-electron chi connectivity index (χ0n) is 10.5. The van der Waals surface area contributed by atoms with E-state index in [2.05, 4.69) is 4.98 Å². The first-order chi connectivity index (χ1) is 8.99. The average Bonchev–Trinajstić information content (AvgIpc) is 2.34. The van der Waals surface area contributed by atoms with Crippen molar-refractivity contribution in [3.05, 3.63) is 56.8 Å². The quantitative estimate of drug-likeness (QED) is 0.747. The summed E-state index contributed by atoms with van der Waals surface area (Å²) in [5.74, 6) is 0.590. The molecule has 0 aliphatic rings. The summed E-state index contributed by atoms with van der Waals surface area (Å²) in [5.41, 5.74) is 1.59. The molecule has 1 aromatic heterocycles. The molecule has 0 N–H and O–H groups in total. The van der Waals surface area contributed by atoms with Crippen molar-refractivity contribution >= 4 is 34.8 Å². The van der Waals surface area contributed by atoms with E-state index in [-0.39, 0.29) is 6.10 Å². The first-order valence-corrected chi connectivity index (χ1v) is 6.85. The zero-order chi connectivity index (χ0) is 14.0. The molecule has 1 heterocycles. The van der Waals surface area contributed by atoms with Gasteiger partial charge in [-0.25, -0.2) is 0 Å². The van der Waals surface area contributed by atoms with Gasteiger partial charge in [-0.1, -0.05) is 40.9 Å². The van der Waals surface area contributed by atoms with Crippen LogP contribution in [0.1, 0.15) is 24.3 Å². The third-order valence-electron chi connectivity index (χ3n) is 2.73. The number of hydrogen-bond donors (Lipinski definition) is 0. The van der Waals surface area contributed by atoms with Crippen molar-refractivity contribution in [3.8, 4) is 5.75 Å². The lowest BCUT2D eigenvalue weighted by Gasteiger charge is -2.17. The molecule has 100 valence electrons. The Morgan fingerprint density at radius 1 is 1.16 bits per heavy atom. The van der Waals surface area contributed by atoms with E-state index in [1.807, 2.05) is 19.9 Å². The summed E-state index contributed by atoms with van der Waals surface area (Å²) in [5, 5.41) is 1.68. The molecule has 5 heteroatoms. The molecule has 19 heavy (non-hydrogen) atoms. The lowest BCUT2D eigenvalue weighted by Crippen LogP contribution is -2.04. The van der Waals surface area contributed by atoms with Gasteiger partial charge in [-0.15, -0.1) is 0 Å². The predicted molar refractivity (Wildman–Crippen MR) is 79.5 cm³/mol. The van der Waals surface area contributed by atoms with Crippen LogP contribution < -0.4 is 4.74 Å². The monoisotopic (exact) mass is 315 g/mol. The van der Waals surface area contributed by atoms with E-state index in [0.29, 0.717) is 20.8 Å². The van der Waals surface area contributed by atoms with Crippen LogP contribution in [-0.2, 0) is 0 Å². The summed E-state index contributed by atoms with van der Waals surface area (Å²) in [7, 11) is 0. The zero-order valence-corrected chi connectivity index (χ0v) is 12.7. The molecule has 0 amide bonds. The molecule has 0 unspecified atom stereocenters. The van der Waals surface area contributed by atoms with Crippen LogP contribution in [0.3, 0.4) is 0 Å². The van der Waals surface area contributed by atoms with Crippen molar-refractivity contribution in [2.45, 2.75) is 20.0 Å². The lowest BCUT2D eigenvalue weighted by atomic mass is 10.1. The SMILES string of the molecule is Cc1nccc(O[C@H](C)c2ccc(Cl)cc2Cl)c1Cl. The van der Waals surface area contributed by atoms with Gasteiger partial charge in [0.25, 0.3) is 0 Å². The number of aromatic nitrogens is 1. The molecular weight excluding hydrogens is 305 g/mol. The summed E-state index contributed by atoms with van der Waals surface area (Å²) >= 11 is 18.2. The van der Waals surface area contributed by atoms with Crippen LogP contribution >= 0.6 is 34.8 Å². The van der Waals surface area contributed by atoms with Crippen molar-refractivity contribution in [3.63, 3.8) is 0 Å². The number of ether oxygens (including phenoxy) is 1. The maximum absolute atomic E-state index is 6.15. The van der Waals surface area contributed by atoms with Gasteiger partial charge in [0.1, 0.15) is 16.9 Å². The Morgan fingerprint density at radius 3 is 2.58 bits per heavy atom. The minimum absolute atomic E-state index is 0.232. The third-order valence-corrected chi connectivity index (χ3v) is 3.75. The topological polar surface area (TPSA) is 22.1 Å². The van der Waals surface area contributed by atoms with E-state index in [0.717, 1.165) is 11.3 Å². The molecule has 1 aromatic carbocycles. The summed E-state index contributed by atoms with van der Waals surface area (Å²) in [6, 6.07) is 7.05. The van der Waals surface area contributed by atoms with Crippen LogP contribution in [0.5, 0.6) is 5.75 Å². The third kappa shape index (κ3) is 3.33. The maximum Gasteiger partial charge on any atom is 0.142 e. The van der Waals surface area contributed by atoms with E-state index >= 15 is 0 Å². The van der Waals surface area contributed by atoms with Crippen molar-refractivity contribution in [2.24, 2.45) is 0 Å². The van der Waals surface area contributed by atoms with Crippen molar-refractivity contribution in [1.29, 1.82) is 0 Å². The van der Waals surface area contributed by atoms with Crippen LogP contribution in [-0.4, -0.2) is 4.98 Å². The fourth-order valence-electron chi connectivity index (χ4n) is 1.70. The van der Waals surface area contributed by atoms with Gasteiger partial charge in [0.2, 0.25) is 0 Å². The van der Waals surface area contributed by atoms with Crippen LogP contribution in [0.25, 0.3) is 0 Å². The molecule has 1 atom stereocenters. The molecule has 0 radical (unpaired) electrons. The van der Waals surface area contributed by atoms with Crippen LogP contribution in [0.15, 0.2) is 30.5 Å². The first kappa shape index (κ1) is 14.4. The Bertz CT molecular complexity index is 601. The highest BCUT2D eigenvalue weighted by Gasteiger charge is 2.14. The Kier molecular flexibility index (Phi) is 4.56. The highest BCUT2D eigenvalue weighted by molar-refractivity contribution is 6.35. The molecule has 0 saturated heterocycles. The Labute approximate surface area is 127 Å². The second kappa shape index (κ2) is 6.00. The largest absolute Gasteiger partial charge is 0.484 e. The van der Waals surface area contributed by atoms with Crippen LogP contribution in [0.4, 0.5) is 0 Å². The number of aryl methyl sites for hydroxylation is 1. The van der Waals surface area contributed by atoms with Crippen molar-refractivity contribution in [2.75, 3.05) is 0 Å². The minimum Gasteiger partial charge on any atom is -0.484 e. The normalized spacial score (nSPS) is 12.3. The molecule has 0 fully saturated rings. The van der Waals surface area contributed by atoms with Crippen LogP contribution in [0.2, 0.25) is 15.1 Å².